The molecule has 2 rings (SSSR count). The molecular formula is C16H24ClFN2O2. The van der Waals surface area contributed by atoms with Gasteiger partial charge in [-0.25, -0.2) is 4.39 Å². The molecule has 124 valence electrons. The Bertz CT molecular complexity index is 507. The molecule has 0 saturated heterocycles. The molecule has 0 unspecified atom stereocenters. The molecule has 1 aromatic carbocycles. The number of nitrogens with two attached hydrogens (primary N) is 1. The first kappa shape index (κ1) is 18.7. The van der Waals surface area contributed by atoms with Gasteiger partial charge in [0, 0.05) is 11.8 Å². The highest BCUT2D eigenvalue weighted by molar-refractivity contribution is 5.94. The van der Waals surface area contributed by atoms with E-state index >= 15 is 0 Å². The summed E-state index contributed by atoms with van der Waals surface area (Å²) in [5.74, 6) is -0.183. The van der Waals surface area contributed by atoms with Crippen molar-refractivity contribution in [1.82, 2.24) is 0 Å². The molecule has 1 saturated carbocycles. The second-order valence-corrected chi connectivity index (χ2v) is 6.04. The largest absolute Gasteiger partial charge is 0.487 e. The molecule has 0 aliphatic heterocycles. The summed E-state index contributed by atoms with van der Waals surface area (Å²) in [6, 6.07) is 3.88. The zero-order valence-corrected chi connectivity index (χ0v) is 13.8. The van der Waals surface area contributed by atoms with Crippen LogP contribution < -0.4 is 15.8 Å². The average molecular weight is 331 g/mol. The predicted molar refractivity (Wildman–Crippen MR) is 88.0 cm³/mol. The molecule has 1 atom stereocenters. The fraction of sp³-hybridized carbons (Fsp3) is 0.562. The van der Waals surface area contributed by atoms with Crippen molar-refractivity contribution in [2.75, 3.05) is 5.32 Å². The maximum absolute atomic E-state index is 13.9. The van der Waals surface area contributed by atoms with Crippen molar-refractivity contribution >= 4 is 24.0 Å². The van der Waals surface area contributed by atoms with E-state index in [1.807, 2.05) is 13.8 Å². The van der Waals surface area contributed by atoms with Gasteiger partial charge in [0.1, 0.15) is 0 Å². The minimum atomic E-state index is -0.584. The molecule has 1 aliphatic rings. The Morgan fingerprint density at radius 1 is 1.45 bits per heavy atom. The van der Waals surface area contributed by atoms with Crippen LogP contribution in [0.2, 0.25) is 0 Å². The van der Waals surface area contributed by atoms with Crippen LogP contribution in [0.25, 0.3) is 0 Å². The Labute approximate surface area is 137 Å². The van der Waals surface area contributed by atoms with Gasteiger partial charge in [0.25, 0.3) is 0 Å². The Kier molecular flexibility index (Phi) is 7.10. The van der Waals surface area contributed by atoms with Crippen molar-refractivity contribution in [3.8, 4) is 5.75 Å². The summed E-state index contributed by atoms with van der Waals surface area (Å²) in [7, 11) is 0. The normalized spacial score (nSPS) is 15.7. The molecule has 0 radical (unpaired) electrons. The fourth-order valence-corrected chi connectivity index (χ4v) is 2.19. The van der Waals surface area contributed by atoms with E-state index in [2.05, 4.69) is 5.32 Å². The van der Waals surface area contributed by atoms with E-state index in [0.29, 0.717) is 18.0 Å². The summed E-state index contributed by atoms with van der Waals surface area (Å²) in [4.78, 5) is 11.9. The number of halogens is 2. The first-order valence-corrected chi connectivity index (χ1v) is 7.48. The van der Waals surface area contributed by atoms with E-state index in [-0.39, 0.29) is 30.2 Å². The van der Waals surface area contributed by atoms with Crippen LogP contribution in [-0.4, -0.2) is 18.1 Å². The lowest BCUT2D eigenvalue weighted by atomic mass is 9.96. The van der Waals surface area contributed by atoms with Gasteiger partial charge in [0.05, 0.1) is 12.1 Å². The third-order valence-corrected chi connectivity index (χ3v) is 3.61. The molecule has 0 spiro atoms. The number of carbonyl (C=O) groups is 1. The SMILES string of the molecule is CC(C)C[C@H](N)C(=O)Nc1ccc(OC2CCC2)c(F)c1.Cl. The number of nitrogens with one attached hydrogen (secondary N) is 1. The van der Waals surface area contributed by atoms with Crippen LogP contribution in [0.3, 0.4) is 0 Å². The van der Waals surface area contributed by atoms with Crippen LogP contribution in [0.4, 0.5) is 10.1 Å². The topological polar surface area (TPSA) is 64.4 Å². The molecule has 1 aliphatic carbocycles. The van der Waals surface area contributed by atoms with Gasteiger partial charge in [-0.3, -0.25) is 4.79 Å². The quantitative estimate of drug-likeness (QED) is 0.839. The molecule has 0 heterocycles. The molecule has 1 aromatic rings. The highest BCUT2D eigenvalue weighted by atomic mass is 35.5. The summed E-state index contributed by atoms with van der Waals surface area (Å²) < 4.78 is 19.5. The van der Waals surface area contributed by atoms with E-state index in [1.54, 1.807) is 12.1 Å². The maximum Gasteiger partial charge on any atom is 0.241 e. The Balaban J connectivity index is 0.00000242. The number of carbonyl (C=O) groups excluding carboxylic acids is 1. The lowest BCUT2D eigenvalue weighted by Gasteiger charge is -2.26. The third kappa shape index (κ3) is 5.14. The van der Waals surface area contributed by atoms with Gasteiger partial charge in [-0.15, -0.1) is 12.4 Å². The van der Waals surface area contributed by atoms with Crippen LogP contribution in [0.5, 0.6) is 5.75 Å². The molecule has 3 N–H and O–H groups in total. The number of hydrogen-bond acceptors (Lipinski definition) is 3. The van der Waals surface area contributed by atoms with Crippen molar-refractivity contribution < 1.29 is 13.9 Å². The zero-order valence-electron chi connectivity index (χ0n) is 13.0. The first-order chi connectivity index (χ1) is 9.95. The number of hydrogen-bond donors (Lipinski definition) is 2. The molecule has 0 aromatic heterocycles. The second-order valence-electron chi connectivity index (χ2n) is 6.04. The maximum atomic E-state index is 13.9. The number of amides is 1. The number of rotatable bonds is 6. The molecule has 0 bridgehead atoms. The summed E-state index contributed by atoms with van der Waals surface area (Å²) in [6.45, 7) is 4.00. The van der Waals surface area contributed by atoms with Crippen LogP contribution in [0.15, 0.2) is 18.2 Å². The first-order valence-electron chi connectivity index (χ1n) is 7.48. The van der Waals surface area contributed by atoms with Crippen molar-refractivity contribution in [2.45, 2.75) is 51.7 Å². The monoisotopic (exact) mass is 330 g/mol. The van der Waals surface area contributed by atoms with Gasteiger partial charge in [-0.2, -0.15) is 0 Å². The summed E-state index contributed by atoms with van der Waals surface area (Å²) in [5.41, 5.74) is 6.20. The standard InChI is InChI=1S/C16H23FN2O2.ClH/c1-10(2)8-14(18)16(20)19-11-6-7-15(13(17)9-11)21-12-4-3-5-12;/h6-7,9-10,12,14H,3-5,8,18H2,1-2H3,(H,19,20);1H/t14-;/m0./s1. The smallest absolute Gasteiger partial charge is 0.241 e. The van der Waals surface area contributed by atoms with Gasteiger partial charge < -0.3 is 15.8 Å². The average Bonchev–Trinajstić information content (AvgIpc) is 2.34. The molecule has 1 amide bonds. The van der Waals surface area contributed by atoms with Gasteiger partial charge in [0.2, 0.25) is 5.91 Å². The second kappa shape index (κ2) is 8.34. The molecular weight excluding hydrogens is 307 g/mol. The third-order valence-electron chi connectivity index (χ3n) is 3.61. The molecule has 22 heavy (non-hydrogen) atoms. The molecule has 1 fully saturated rings. The number of ether oxygens (including phenoxy) is 1. The van der Waals surface area contributed by atoms with Crippen LogP contribution >= 0.6 is 12.4 Å². The minimum Gasteiger partial charge on any atom is -0.487 e. The van der Waals surface area contributed by atoms with Crippen molar-refractivity contribution in [2.24, 2.45) is 11.7 Å². The minimum absolute atomic E-state index is 0. The number of anilines is 1. The van der Waals surface area contributed by atoms with Crippen molar-refractivity contribution in [3.63, 3.8) is 0 Å². The van der Waals surface area contributed by atoms with Gasteiger partial charge in [-0.1, -0.05) is 13.8 Å². The Hall–Kier alpha value is -1.33. The lowest BCUT2D eigenvalue weighted by Crippen LogP contribution is -2.36. The lowest BCUT2D eigenvalue weighted by molar-refractivity contribution is -0.117. The number of benzene rings is 1. The fourth-order valence-electron chi connectivity index (χ4n) is 2.19. The zero-order chi connectivity index (χ0) is 15.4. The van der Waals surface area contributed by atoms with Crippen molar-refractivity contribution in [3.05, 3.63) is 24.0 Å². The van der Waals surface area contributed by atoms with E-state index < -0.39 is 11.9 Å². The van der Waals surface area contributed by atoms with E-state index in [9.17, 15) is 9.18 Å². The van der Waals surface area contributed by atoms with E-state index in [4.69, 9.17) is 10.5 Å². The van der Waals surface area contributed by atoms with E-state index in [1.165, 1.54) is 6.07 Å². The van der Waals surface area contributed by atoms with Crippen molar-refractivity contribution in [1.29, 1.82) is 0 Å². The Morgan fingerprint density at radius 3 is 2.64 bits per heavy atom. The summed E-state index contributed by atoms with van der Waals surface area (Å²) in [5, 5.41) is 2.64. The predicted octanol–water partition coefficient (Wildman–Crippen LogP) is 3.49. The van der Waals surface area contributed by atoms with Gasteiger partial charge >= 0.3 is 0 Å². The van der Waals surface area contributed by atoms with Gasteiger partial charge in [0.15, 0.2) is 11.6 Å². The highest BCUT2D eigenvalue weighted by Gasteiger charge is 2.21. The van der Waals surface area contributed by atoms with Crippen LogP contribution in [0, 0.1) is 11.7 Å². The van der Waals surface area contributed by atoms with Crippen LogP contribution in [0.1, 0.15) is 39.5 Å². The molecule has 4 nitrogen and oxygen atoms in total. The van der Waals surface area contributed by atoms with Gasteiger partial charge in [-0.05, 0) is 43.7 Å². The Morgan fingerprint density at radius 2 is 2.14 bits per heavy atom. The molecule has 6 heteroatoms. The highest BCUT2D eigenvalue weighted by Crippen LogP contribution is 2.28. The van der Waals surface area contributed by atoms with E-state index in [0.717, 1.165) is 19.3 Å². The van der Waals surface area contributed by atoms with Crippen LogP contribution in [-0.2, 0) is 4.79 Å². The summed E-state index contributed by atoms with van der Waals surface area (Å²) in [6.07, 6.45) is 3.80. The summed E-state index contributed by atoms with van der Waals surface area (Å²) >= 11 is 0.